The Balaban J connectivity index is 2.98. The quantitative estimate of drug-likeness (QED) is 0.788. The van der Waals surface area contributed by atoms with Gasteiger partial charge in [0, 0.05) is 22.8 Å². The largest absolute Gasteiger partial charge is 0.369 e. The third-order valence-corrected chi connectivity index (χ3v) is 4.05. The Morgan fingerprint density at radius 3 is 2.55 bits per heavy atom. The first-order chi connectivity index (χ1) is 9.45. The molecule has 0 unspecified atom stereocenters. The lowest BCUT2D eigenvalue weighted by Gasteiger charge is -2.28. The van der Waals surface area contributed by atoms with E-state index in [0.29, 0.717) is 11.4 Å². The Kier molecular flexibility index (Phi) is 6.46. The smallest absolute Gasteiger partial charge is 0.255 e. The highest BCUT2D eigenvalue weighted by Crippen LogP contribution is 2.21. The lowest BCUT2D eigenvalue weighted by atomic mass is 9.95. The molecular weight excluding hydrogens is 318 g/mol. The van der Waals surface area contributed by atoms with Crippen LogP contribution in [0.25, 0.3) is 0 Å². The van der Waals surface area contributed by atoms with Crippen LogP contribution in [0.15, 0.2) is 16.7 Å². The van der Waals surface area contributed by atoms with Gasteiger partial charge in [-0.1, -0.05) is 20.8 Å². The Labute approximate surface area is 129 Å². The molecular formula is C15H24BrN3O. The number of rotatable bonds is 7. The Morgan fingerprint density at radius 1 is 1.35 bits per heavy atom. The molecule has 1 aromatic heterocycles. The van der Waals surface area contributed by atoms with Gasteiger partial charge in [-0.2, -0.15) is 0 Å². The molecule has 0 saturated carbocycles. The van der Waals surface area contributed by atoms with Crippen molar-refractivity contribution in [3.8, 4) is 0 Å². The minimum Gasteiger partial charge on any atom is -0.369 e. The number of amides is 1. The summed E-state index contributed by atoms with van der Waals surface area (Å²) in [5.41, 5.74) is 0.405. The fourth-order valence-electron chi connectivity index (χ4n) is 1.76. The molecule has 0 aliphatic heterocycles. The van der Waals surface area contributed by atoms with Crippen LogP contribution >= 0.6 is 15.9 Å². The van der Waals surface area contributed by atoms with E-state index in [4.69, 9.17) is 0 Å². The van der Waals surface area contributed by atoms with E-state index in [1.54, 1.807) is 6.20 Å². The van der Waals surface area contributed by atoms with E-state index in [0.717, 1.165) is 30.3 Å². The number of halogens is 1. The van der Waals surface area contributed by atoms with Crippen molar-refractivity contribution in [3.63, 3.8) is 0 Å². The van der Waals surface area contributed by atoms with Crippen molar-refractivity contribution in [1.82, 2.24) is 10.3 Å². The lowest BCUT2D eigenvalue weighted by molar-refractivity contribution is 0.0901. The summed E-state index contributed by atoms with van der Waals surface area (Å²) in [6.07, 6.45) is 4.48. The average Bonchev–Trinajstić information content (AvgIpc) is 2.45. The van der Waals surface area contributed by atoms with Gasteiger partial charge >= 0.3 is 0 Å². The van der Waals surface area contributed by atoms with Gasteiger partial charge in [-0.25, -0.2) is 4.98 Å². The van der Waals surface area contributed by atoms with Crippen LogP contribution in [0.3, 0.4) is 0 Å². The third kappa shape index (κ3) is 4.47. The van der Waals surface area contributed by atoms with E-state index in [1.165, 1.54) is 0 Å². The summed E-state index contributed by atoms with van der Waals surface area (Å²) >= 11 is 3.38. The van der Waals surface area contributed by atoms with Crippen molar-refractivity contribution in [2.24, 2.45) is 0 Å². The van der Waals surface area contributed by atoms with Gasteiger partial charge in [-0.3, -0.25) is 4.79 Å². The van der Waals surface area contributed by atoms with E-state index in [-0.39, 0.29) is 11.4 Å². The summed E-state index contributed by atoms with van der Waals surface area (Å²) < 4.78 is 0.805. The van der Waals surface area contributed by atoms with Crippen LogP contribution in [0, 0.1) is 0 Å². The van der Waals surface area contributed by atoms with Crippen LogP contribution in [0.5, 0.6) is 0 Å². The first-order valence-electron chi connectivity index (χ1n) is 7.17. The van der Waals surface area contributed by atoms with Gasteiger partial charge in [0.05, 0.1) is 5.56 Å². The second kappa shape index (κ2) is 7.62. The molecule has 1 heterocycles. The molecule has 0 radical (unpaired) electrons. The van der Waals surface area contributed by atoms with Gasteiger partial charge in [0.25, 0.3) is 5.91 Å². The molecule has 0 atom stereocenters. The maximum atomic E-state index is 12.5. The fraction of sp³-hybridized carbons (Fsp3) is 0.600. The van der Waals surface area contributed by atoms with Crippen molar-refractivity contribution in [2.45, 2.75) is 52.5 Å². The first-order valence-corrected chi connectivity index (χ1v) is 7.97. The number of hydrogen-bond donors (Lipinski definition) is 2. The second-order valence-electron chi connectivity index (χ2n) is 5.20. The molecule has 2 N–H and O–H groups in total. The van der Waals surface area contributed by atoms with E-state index >= 15 is 0 Å². The van der Waals surface area contributed by atoms with Crippen LogP contribution in [-0.4, -0.2) is 23.0 Å². The van der Waals surface area contributed by atoms with Crippen molar-refractivity contribution >= 4 is 27.7 Å². The highest BCUT2D eigenvalue weighted by Gasteiger charge is 2.24. The van der Waals surface area contributed by atoms with E-state index < -0.39 is 0 Å². The molecule has 0 spiro atoms. The number of hydrogen-bond acceptors (Lipinski definition) is 3. The van der Waals surface area contributed by atoms with Gasteiger partial charge in [0.15, 0.2) is 0 Å². The van der Waals surface area contributed by atoms with Crippen LogP contribution in [-0.2, 0) is 0 Å². The summed E-state index contributed by atoms with van der Waals surface area (Å²) in [4.78, 5) is 16.8. The molecule has 20 heavy (non-hydrogen) atoms. The molecule has 4 nitrogen and oxygen atoms in total. The summed E-state index contributed by atoms with van der Waals surface area (Å²) in [5, 5.41) is 6.31. The molecule has 1 rings (SSSR count). The number of carbonyl (C=O) groups excluding carboxylic acids is 1. The molecule has 0 bridgehead atoms. The second-order valence-corrected chi connectivity index (χ2v) is 6.11. The molecule has 1 aromatic rings. The van der Waals surface area contributed by atoms with Gasteiger partial charge in [0.1, 0.15) is 5.82 Å². The number of nitrogens with zero attached hydrogens (tertiary/aromatic N) is 1. The topological polar surface area (TPSA) is 54.0 Å². The molecule has 0 aromatic carbocycles. The minimum absolute atomic E-state index is 0.0800. The van der Waals surface area contributed by atoms with Crippen molar-refractivity contribution < 1.29 is 4.79 Å². The molecule has 0 saturated heterocycles. The average molecular weight is 342 g/mol. The van der Waals surface area contributed by atoms with Gasteiger partial charge in [0.2, 0.25) is 0 Å². The minimum atomic E-state index is -0.179. The van der Waals surface area contributed by atoms with Crippen LogP contribution in [0.1, 0.15) is 57.3 Å². The molecule has 5 heteroatoms. The number of carbonyl (C=O) groups is 1. The third-order valence-electron chi connectivity index (χ3n) is 3.62. The molecule has 0 aliphatic carbocycles. The highest BCUT2D eigenvalue weighted by molar-refractivity contribution is 9.10. The maximum Gasteiger partial charge on any atom is 0.255 e. The summed E-state index contributed by atoms with van der Waals surface area (Å²) in [5.74, 6) is 0.561. The maximum absolute atomic E-state index is 12.5. The predicted octanol–water partition coefficient (Wildman–Crippen LogP) is 3.97. The van der Waals surface area contributed by atoms with Crippen LogP contribution in [0.2, 0.25) is 0 Å². The monoisotopic (exact) mass is 341 g/mol. The predicted molar refractivity (Wildman–Crippen MR) is 87.2 cm³/mol. The molecule has 1 amide bonds. The standard InChI is InChI=1S/C15H24BrN3O/c1-5-8-17-13-12(9-11(16)10-18-13)14(20)19-15(4,6-2)7-3/h9-10H,5-8H2,1-4H3,(H,17,18)(H,19,20). The van der Waals surface area contributed by atoms with E-state index in [9.17, 15) is 4.79 Å². The zero-order valence-electron chi connectivity index (χ0n) is 12.7. The zero-order valence-corrected chi connectivity index (χ0v) is 14.3. The van der Waals surface area contributed by atoms with Crippen molar-refractivity contribution in [1.29, 1.82) is 0 Å². The summed E-state index contributed by atoms with van der Waals surface area (Å²) in [6.45, 7) is 9.11. The SMILES string of the molecule is CCCNc1ncc(Br)cc1C(=O)NC(C)(CC)CC. The Hall–Kier alpha value is -1.10. The van der Waals surface area contributed by atoms with Gasteiger partial charge in [-0.05, 0) is 48.2 Å². The normalized spacial score (nSPS) is 11.2. The molecule has 0 fully saturated rings. The lowest BCUT2D eigenvalue weighted by Crippen LogP contribution is -2.45. The number of anilines is 1. The highest BCUT2D eigenvalue weighted by atomic mass is 79.9. The zero-order chi connectivity index (χ0) is 15.2. The van der Waals surface area contributed by atoms with Gasteiger partial charge < -0.3 is 10.6 Å². The number of nitrogens with one attached hydrogen (secondary N) is 2. The fourth-order valence-corrected chi connectivity index (χ4v) is 2.10. The Bertz CT molecular complexity index is 458. The van der Waals surface area contributed by atoms with E-state index in [2.05, 4.69) is 59.2 Å². The van der Waals surface area contributed by atoms with Crippen LogP contribution in [0.4, 0.5) is 5.82 Å². The van der Waals surface area contributed by atoms with E-state index in [1.807, 2.05) is 6.07 Å². The summed E-state index contributed by atoms with van der Waals surface area (Å²) in [7, 11) is 0. The summed E-state index contributed by atoms with van der Waals surface area (Å²) in [6, 6.07) is 1.81. The van der Waals surface area contributed by atoms with Crippen molar-refractivity contribution in [3.05, 3.63) is 22.3 Å². The van der Waals surface area contributed by atoms with Gasteiger partial charge in [-0.15, -0.1) is 0 Å². The number of pyridine rings is 1. The molecule has 0 aliphatic rings. The van der Waals surface area contributed by atoms with Crippen LogP contribution < -0.4 is 10.6 Å². The molecule has 112 valence electrons. The number of aromatic nitrogens is 1. The Morgan fingerprint density at radius 2 is 2.00 bits per heavy atom. The first kappa shape index (κ1) is 17.0. The van der Waals surface area contributed by atoms with Crippen molar-refractivity contribution in [2.75, 3.05) is 11.9 Å².